The zero-order valence-corrected chi connectivity index (χ0v) is 10.6. The molecule has 0 saturated carbocycles. The van der Waals surface area contributed by atoms with Gasteiger partial charge < -0.3 is 0 Å². The van der Waals surface area contributed by atoms with Gasteiger partial charge in [0.2, 0.25) is 0 Å². The van der Waals surface area contributed by atoms with E-state index in [1.165, 1.54) is 19.1 Å². The Kier molecular flexibility index (Phi) is 3.50. The van der Waals surface area contributed by atoms with Crippen LogP contribution in [-0.2, 0) is 6.18 Å². The predicted molar refractivity (Wildman–Crippen MR) is 65.2 cm³/mol. The van der Waals surface area contributed by atoms with E-state index in [-0.39, 0.29) is 17.0 Å². The normalized spacial score (nSPS) is 11.4. The second-order valence-corrected chi connectivity index (χ2v) is 4.19. The van der Waals surface area contributed by atoms with Crippen molar-refractivity contribution in [2.45, 2.75) is 13.1 Å². The number of halogens is 3. The molecule has 9 heteroatoms. The standard InChI is InChI=1S/C12H8F3N3O3/c1-7(19)8-2-3-10(11(4-8)18(20)21)17-6-9(5-16-17)12(13,14)15/h2-6H,1H3. The maximum Gasteiger partial charge on any atom is 0.419 e. The first kappa shape index (κ1) is 14.7. The van der Waals surface area contributed by atoms with Crippen LogP contribution in [0.15, 0.2) is 30.6 Å². The number of rotatable bonds is 3. The third-order valence-corrected chi connectivity index (χ3v) is 2.74. The van der Waals surface area contributed by atoms with Gasteiger partial charge in [-0.1, -0.05) is 0 Å². The number of nitro benzene ring substituents is 1. The van der Waals surface area contributed by atoms with Gasteiger partial charge in [-0.05, 0) is 19.1 Å². The first-order chi connectivity index (χ1) is 9.70. The van der Waals surface area contributed by atoms with Gasteiger partial charge in [0.15, 0.2) is 5.78 Å². The minimum absolute atomic E-state index is 0.0913. The number of alkyl halides is 3. The topological polar surface area (TPSA) is 78.0 Å². The lowest BCUT2D eigenvalue weighted by Crippen LogP contribution is -2.04. The number of hydrogen-bond acceptors (Lipinski definition) is 4. The molecule has 0 saturated heterocycles. The van der Waals surface area contributed by atoms with Crippen molar-refractivity contribution in [3.8, 4) is 5.69 Å². The summed E-state index contributed by atoms with van der Waals surface area (Å²) in [7, 11) is 0. The molecule has 6 nitrogen and oxygen atoms in total. The molecule has 2 rings (SSSR count). The van der Waals surface area contributed by atoms with Crippen molar-refractivity contribution < 1.29 is 22.9 Å². The number of aromatic nitrogens is 2. The molecule has 1 aromatic carbocycles. The van der Waals surface area contributed by atoms with E-state index in [9.17, 15) is 28.1 Å². The molecule has 0 spiro atoms. The van der Waals surface area contributed by atoms with Crippen molar-refractivity contribution in [2.75, 3.05) is 0 Å². The molecule has 1 heterocycles. The van der Waals surface area contributed by atoms with Crippen LogP contribution in [0.4, 0.5) is 18.9 Å². The molecule has 0 N–H and O–H groups in total. The van der Waals surface area contributed by atoms with Gasteiger partial charge in [-0.15, -0.1) is 0 Å². The Morgan fingerprint density at radius 2 is 2.05 bits per heavy atom. The largest absolute Gasteiger partial charge is 0.419 e. The van der Waals surface area contributed by atoms with E-state index < -0.39 is 22.4 Å². The van der Waals surface area contributed by atoms with E-state index >= 15 is 0 Å². The van der Waals surface area contributed by atoms with Crippen LogP contribution in [0.2, 0.25) is 0 Å². The number of hydrogen-bond donors (Lipinski definition) is 0. The van der Waals surface area contributed by atoms with Gasteiger partial charge in [-0.25, -0.2) is 4.68 Å². The van der Waals surface area contributed by atoms with Gasteiger partial charge in [0.05, 0.1) is 16.7 Å². The summed E-state index contributed by atoms with van der Waals surface area (Å²) in [5.74, 6) is -0.388. The lowest BCUT2D eigenvalue weighted by Gasteiger charge is -2.05. The van der Waals surface area contributed by atoms with E-state index in [0.717, 1.165) is 10.7 Å². The molecule has 0 fully saturated rings. The highest BCUT2D eigenvalue weighted by Gasteiger charge is 2.33. The van der Waals surface area contributed by atoms with Crippen LogP contribution < -0.4 is 0 Å². The highest BCUT2D eigenvalue weighted by atomic mass is 19.4. The molecule has 0 atom stereocenters. The molecule has 0 amide bonds. The van der Waals surface area contributed by atoms with Crippen molar-refractivity contribution >= 4 is 11.5 Å². The van der Waals surface area contributed by atoms with Crippen molar-refractivity contribution in [1.82, 2.24) is 9.78 Å². The third kappa shape index (κ3) is 2.91. The van der Waals surface area contributed by atoms with Crippen molar-refractivity contribution in [3.05, 3.63) is 51.8 Å². The monoisotopic (exact) mass is 299 g/mol. The summed E-state index contributed by atoms with van der Waals surface area (Å²) < 4.78 is 38.3. The first-order valence-corrected chi connectivity index (χ1v) is 5.62. The van der Waals surface area contributed by atoms with Crippen LogP contribution in [0.3, 0.4) is 0 Å². The minimum Gasteiger partial charge on any atom is -0.295 e. The van der Waals surface area contributed by atoms with Gasteiger partial charge in [-0.2, -0.15) is 18.3 Å². The van der Waals surface area contributed by atoms with Crippen molar-refractivity contribution in [3.63, 3.8) is 0 Å². The van der Waals surface area contributed by atoms with Crippen LogP contribution in [0, 0.1) is 10.1 Å². The van der Waals surface area contributed by atoms with Crippen LogP contribution in [0.1, 0.15) is 22.8 Å². The highest BCUT2D eigenvalue weighted by Crippen LogP contribution is 2.31. The molecule has 21 heavy (non-hydrogen) atoms. The van der Waals surface area contributed by atoms with Crippen LogP contribution in [0.25, 0.3) is 5.69 Å². The zero-order valence-electron chi connectivity index (χ0n) is 10.6. The zero-order chi connectivity index (χ0) is 15.8. The maximum absolute atomic E-state index is 12.5. The van der Waals surface area contributed by atoms with E-state index in [2.05, 4.69) is 5.10 Å². The number of carbonyl (C=O) groups excluding carboxylic acids is 1. The summed E-state index contributed by atoms with van der Waals surface area (Å²) in [5.41, 5.74) is -1.58. The Morgan fingerprint density at radius 1 is 1.38 bits per heavy atom. The first-order valence-electron chi connectivity index (χ1n) is 5.62. The van der Waals surface area contributed by atoms with Gasteiger partial charge in [-0.3, -0.25) is 14.9 Å². The number of nitrogens with zero attached hydrogens (tertiary/aromatic N) is 3. The number of Topliss-reactive ketones (excluding diaryl/α,β-unsaturated/α-hetero) is 1. The van der Waals surface area contributed by atoms with E-state index in [1.54, 1.807) is 0 Å². The number of carbonyl (C=O) groups is 1. The Balaban J connectivity index is 2.56. The molecule has 0 bridgehead atoms. The molecule has 0 aliphatic rings. The maximum atomic E-state index is 12.5. The van der Waals surface area contributed by atoms with E-state index in [1.807, 2.05) is 0 Å². The van der Waals surface area contributed by atoms with Crippen LogP contribution in [-0.4, -0.2) is 20.5 Å². The van der Waals surface area contributed by atoms with Gasteiger partial charge in [0, 0.05) is 17.8 Å². The third-order valence-electron chi connectivity index (χ3n) is 2.74. The smallest absolute Gasteiger partial charge is 0.295 e. The molecule has 1 aromatic heterocycles. The summed E-state index contributed by atoms with van der Waals surface area (Å²) in [6.07, 6.45) is -3.37. The van der Waals surface area contributed by atoms with Gasteiger partial charge in [0.25, 0.3) is 5.69 Å². The average Bonchev–Trinajstić information content (AvgIpc) is 2.87. The summed E-state index contributed by atoms with van der Waals surface area (Å²) in [6, 6.07) is 3.48. The average molecular weight is 299 g/mol. The molecule has 2 aromatic rings. The lowest BCUT2D eigenvalue weighted by atomic mass is 10.1. The van der Waals surface area contributed by atoms with Crippen LogP contribution >= 0.6 is 0 Å². The summed E-state index contributed by atoms with van der Waals surface area (Å²) >= 11 is 0. The Hall–Kier alpha value is -2.71. The Labute approximate surface area is 116 Å². The molecule has 0 aliphatic carbocycles. The predicted octanol–water partition coefficient (Wildman–Crippen LogP) is 3.00. The Bertz CT molecular complexity index is 722. The molecular formula is C12H8F3N3O3. The quantitative estimate of drug-likeness (QED) is 0.496. The number of benzene rings is 1. The lowest BCUT2D eigenvalue weighted by molar-refractivity contribution is -0.384. The van der Waals surface area contributed by atoms with Gasteiger partial charge >= 0.3 is 6.18 Å². The molecule has 110 valence electrons. The Morgan fingerprint density at radius 3 is 2.52 bits per heavy atom. The van der Waals surface area contributed by atoms with E-state index in [4.69, 9.17) is 0 Å². The fourth-order valence-electron chi connectivity index (χ4n) is 1.68. The van der Waals surface area contributed by atoms with Crippen LogP contribution in [0.5, 0.6) is 0 Å². The summed E-state index contributed by atoms with van der Waals surface area (Å²) in [5, 5.41) is 14.5. The summed E-state index contributed by atoms with van der Waals surface area (Å²) in [6.45, 7) is 1.23. The fourth-order valence-corrected chi connectivity index (χ4v) is 1.68. The molecule has 0 aliphatic heterocycles. The second kappa shape index (κ2) is 5.00. The number of ketones is 1. The number of nitro groups is 1. The fraction of sp³-hybridized carbons (Fsp3) is 0.167. The molecule has 0 unspecified atom stereocenters. The molecular weight excluding hydrogens is 291 g/mol. The second-order valence-electron chi connectivity index (χ2n) is 4.19. The van der Waals surface area contributed by atoms with Gasteiger partial charge in [0.1, 0.15) is 5.69 Å². The summed E-state index contributed by atoms with van der Waals surface area (Å²) in [4.78, 5) is 21.4. The van der Waals surface area contributed by atoms with Crippen molar-refractivity contribution in [2.24, 2.45) is 0 Å². The van der Waals surface area contributed by atoms with E-state index in [0.29, 0.717) is 12.4 Å². The highest BCUT2D eigenvalue weighted by molar-refractivity contribution is 5.95. The SMILES string of the molecule is CC(=O)c1ccc(-n2cc(C(F)(F)F)cn2)c([N+](=O)[O-])c1. The minimum atomic E-state index is -4.59. The van der Waals surface area contributed by atoms with Crippen molar-refractivity contribution in [1.29, 1.82) is 0 Å². The molecule has 0 radical (unpaired) electrons.